The van der Waals surface area contributed by atoms with Gasteiger partial charge in [-0.1, -0.05) is 34.8 Å². The number of aryl methyl sites for hydroxylation is 2. The lowest BCUT2D eigenvalue weighted by molar-refractivity contribution is 0.582. The van der Waals surface area contributed by atoms with Crippen molar-refractivity contribution in [3.8, 4) is 0 Å². The maximum absolute atomic E-state index is 12.3. The van der Waals surface area contributed by atoms with E-state index in [0.29, 0.717) is 5.56 Å². The maximum Gasteiger partial charge on any atom is 0.280 e. The fourth-order valence-electron chi connectivity index (χ4n) is 1.60. The summed E-state index contributed by atoms with van der Waals surface area (Å²) in [5.74, 6) is 0. The van der Waals surface area contributed by atoms with E-state index in [4.69, 9.17) is 34.8 Å². The zero-order chi connectivity index (χ0) is 15.1. The van der Waals surface area contributed by atoms with Crippen molar-refractivity contribution < 1.29 is 8.42 Å². The molecule has 2 aromatic heterocycles. The highest BCUT2D eigenvalue weighted by Crippen LogP contribution is 2.30. The second-order valence-electron chi connectivity index (χ2n) is 3.95. The Labute approximate surface area is 130 Å². The Bertz CT molecular complexity index is 730. The minimum Gasteiger partial charge on any atom is -0.275 e. The van der Waals surface area contributed by atoms with Crippen molar-refractivity contribution >= 4 is 50.5 Å². The van der Waals surface area contributed by atoms with Gasteiger partial charge in [-0.25, -0.2) is 4.98 Å². The molecule has 0 bridgehead atoms. The molecule has 0 saturated heterocycles. The molecule has 6 nitrogen and oxygen atoms in total. The molecule has 2 aromatic rings. The normalized spacial score (nSPS) is 11.7. The van der Waals surface area contributed by atoms with Crippen molar-refractivity contribution in [3.05, 3.63) is 33.2 Å². The van der Waals surface area contributed by atoms with Crippen LogP contribution < -0.4 is 4.72 Å². The summed E-state index contributed by atoms with van der Waals surface area (Å²) < 4.78 is 28.1. The number of hydrogen-bond acceptors (Lipinski definition) is 4. The van der Waals surface area contributed by atoms with Crippen LogP contribution in [0.15, 0.2) is 17.3 Å². The van der Waals surface area contributed by atoms with Gasteiger partial charge in [0.25, 0.3) is 10.0 Å². The standard InChI is InChI=1S/C10H9Cl3N4O2S/c1-5-3-7(12)15-9(13)8(5)16-20(18,19)10-6(11)4-14-17(10)2/h3-4,16H,1-2H3. The first-order valence-corrected chi connectivity index (χ1v) is 7.87. The van der Waals surface area contributed by atoms with E-state index in [9.17, 15) is 8.42 Å². The molecule has 0 aliphatic carbocycles. The van der Waals surface area contributed by atoms with Crippen LogP contribution in [-0.2, 0) is 17.1 Å². The molecule has 0 aliphatic heterocycles. The van der Waals surface area contributed by atoms with E-state index in [-0.39, 0.29) is 26.0 Å². The van der Waals surface area contributed by atoms with Crippen LogP contribution in [0.25, 0.3) is 0 Å². The lowest BCUT2D eigenvalue weighted by Gasteiger charge is -2.12. The van der Waals surface area contributed by atoms with Crippen molar-refractivity contribution in [2.75, 3.05) is 4.72 Å². The minimum atomic E-state index is -3.94. The molecule has 0 aliphatic rings. The van der Waals surface area contributed by atoms with Gasteiger partial charge in [0.2, 0.25) is 0 Å². The monoisotopic (exact) mass is 354 g/mol. The minimum absolute atomic E-state index is 0.00991. The lowest BCUT2D eigenvalue weighted by Crippen LogP contribution is -2.18. The second kappa shape index (κ2) is 5.40. The summed E-state index contributed by atoms with van der Waals surface area (Å²) in [7, 11) is -2.47. The average Bonchev–Trinajstić information content (AvgIpc) is 2.64. The van der Waals surface area contributed by atoms with Crippen molar-refractivity contribution in [2.24, 2.45) is 7.05 Å². The fourth-order valence-corrected chi connectivity index (χ4v) is 4.04. The molecule has 2 heterocycles. The molecule has 0 radical (unpaired) electrons. The van der Waals surface area contributed by atoms with Crippen LogP contribution in [0, 0.1) is 6.92 Å². The molecule has 1 N–H and O–H groups in total. The van der Waals surface area contributed by atoms with Crippen molar-refractivity contribution in [1.82, 2.24) is 14.8 Å². The van der Waals surface area contributed by atoms with Gasteiger partial charge in [-0.15, -0.1) is 0 Å². The number of sulfonamides is 1. The Hall–Kier alpha value is -1.02. The number of anilines is 1. The first-order chi connectivity index (χ1) is 9.22. The molecule has 0 spiro atoms. The maximum atomic E-state index is 12.3. The summed E-state index contributed by atoms with van der Waals surface area (Å²) >= 11 is 17.5. The molecule has 108 valence electrons. The fraction of sp³-hybridized carbons (Fsp3) is 0.200. The highest BCUT2D eigenvalue weighted by Gasteiger charge is 2.24. The molecule has 0 saturated carbocycles. The number of pyridine rings is 1. The van der Waals surface area contributed by atoms with Gasteiger partial charge in [0.05, 0.1) is 16.9 Å². The Morgan fingerprint density at radius 1 is 1.30 bits per heavy atom. The molecule has 0 atom stereocenters. The summed E-state index contributed by atoms with van der Waals surface area (Å²) in [6.45, 7) is 1.65. The van der Waals surface area contributed by atoms with Crippen LogP contribution in [0.4, 0.5) is 5.69 Å². The van der Waals surface area contributed by atoms with Gasteiger partial charge in [-0.3, -0.25) is 9.40 Å². The number of hydrogen-bond donors (Lipinski definition) is 1. The van der Waals surface area contributed by atoms with Gasteiger partial charge in [0, 0.05) is 7.05 Å². The predicted molar refractivity (Wildman–Crippen MR) is 78.0 cm³/mol. The van der Waals surface area contributed by atoms with Crippen LogP contribution in [0.1, 0.15) is 5.56 Å². The van der Waals surface area contributed by atoms with Crippen molar-refractivity contribution in [2.45, 2.75) is 11.9 Å². The van der Waals surface area contributed by atoms with E-state index < -0.39 is 10.0 Å². The SMILES string of the molecule is Cc1cc(Cl)nc(Cl)c1NS(=O)(=O)c1c(Cl)cnn1C. The summed E-state index contributed by atoms with van der Waals surface area (Å²) in [5.41, 5.74) is 0.685. The second-order valence-corrected chi connectivity index (χ2v) is 6.70. The highest BCUT2D eigenvalue weighted by molar-refractivity contribution is 7.92. The molecule has 10 heteroatoms. The third kappa shape index (κ3) is 2.85. The van der Waals surface area contributed by atoms with Gasteiger partial charge in [-0.2, -0.15) is 13.5 Å². The average molecular weight is 356 g/mol. The Balaban J connectivity index is 2.50. The Morgan fingerprint density at radius 3 is 2.45 bits per heavy atom. The van der Waals surface area contributed by atoms with Crippen LogP contribution in [0.3, 0.4) is 0 Å². The summed E-state index contributed by atoms with van der Waals surface area (Å²) in [6.07, 6.45) is 1.24. The number of halogens is 3. The van der Waals surface area contributed by atoms with Crippen LogP contribution >= 0.6 is 34.8 Å². The smallest absolute Gasteiger partial charge is 0.275 e. The zero-order valence-corrected chi connectivity index (χ0v) is 13.4. The highest BCUT2D eigenvalue weighted by atomic mass is 35.5. The summed E-state index contributed by atoms with van der Waals surface area (Å²) in [6, 6.07) is 1.50. The molecule has 0 unspecified atom stereocenters. The van der Waals surface area contributed by atoms with Gasteiger partial charge >= 0.3 is 0 Å². The van der Waals surface area contributed by atoms with E-state index in [1.165, 1.54) is 19.3 Å². The van der Waals surface area contributed by atoms with Gasteiger partial charge in [0.15, 0.2) is 10.2 Å². The van der Waals surface area contributed by atoms with E-state index >= 15 is 0 Å². The Morgan fingerprint density at radius 2 is 1.95 bits per heavy atom. The predicted octanol–water partition coefficient (Wildman–Crippen LogP) is 2.88. The summed E-state index contributed by atoms with van der Waals surface area (Å²) in [5, 5.41) is 3.76. The number of nitrogens with zero attached hydrogens (tertiary/aromatic N) is 3. The molecule has 0 amide bonds. The van der Waals surface area contributed by atoms with Crippen LogP contribution in [-0.4, -0.2) is 23.2 Å². The van der Waals surface area contributed by atoms with Gasteiger partial charge in [-0.05, 0) is 18.6 Å². The lowest BCUT2D eigenvalue weighted by atomic mass is 10.3. The molecule has 20 heavy (non-hydrogen) atoms. The quantitative estimate of drug-likeness (QED) is 0.859. The van der Waals surface area contributed by atoms with Gasteiger partial charge < -0.3 is 0 Å². The third-order valence-corrected chi connectivity index (χ3v) is 4.80. The van der Waals surface area contributed by atoms with Crippen molar-refractivity contribution in [3.63, 3.8) is 0 Å². The number of rotatable bonds is 3. The molecular formula is C10H9Cl3N4O2S. The zero-order valence-electron chi connectivity index (χ0n) is 10.4. The number of aromatic nitrogens is 3. The van der Waals surface area contributed by atoms with E-state index in [0.717, 1.165) is 4.68 Å². The van der Waals surface area contributed by atoms with E-state index in [1.54, 1.807) is 6.92 Å². The van der Waals surface area contributed by atoms with E-state index in [2.05, 4.69) is 14.8 Å². The van der Waals surface area contributed by atoms with Crippen LogP contribution in [0.2, 0.25) is 15.3 Å². The molecule has 0 fully saturated rings. The number of nitrogens with one attached hydrogen (secondary N) is 1. The largest absolute Gasteiger partial charge is 0.280 e. The molecular weight excluding hydrogens is 347 g/mol. The van der Waals surface area contributed by atoms with Crippen LogP contribution in [0.5, 0.6) is 0 Å². The topological polar surface area (TPSA) is 76.9 Å². The molecule has 0 aromatic carbocycles. The van der Waals surface area contributed by atoms with Gasteiger partial charge in [0.1, 0.15) is 5.15 Å². The summed E-state index contributed by atoms with van der Waals surface area (Å²) in [4.78, 5) is 3.79. The Kier molecular flexibility index (Phi) is 4.15. The molecule has 2 rings (SSSR count). The first kappa shape index (κ1) is 15.4. The first-order valence-electron chi connectivity index (χ1n) is 5.25. The van der Waals surface area contributed by atoms with E-state index in [1.807, 2.05) is 0 Å². The third-order valence-electron chi connectivity index (χ3n) is 2.47. The van der Waals surface area contributed by atoms with Crippen molar-refractivity contribution in [1.29, 1.82) is 0 Å².